The molecular formula is C12H13ClN2O. The maximum absolute atomic E-state index is 5.81. The van der Waals surface area contributed by atoms with E-state index in [-0.39, 0.29) is 0 Å². The van der Waals surface area contributed by atoms with E-state index >= 15 is 0 Å². The third kappa shape index (κ3) is 2.36. The summed E-state index contributed by atoms with van der Waals surface area (Å²) >= 11 is 5.81. The standard InChI is InChI=1S/C12H13ClN2O/c1-8-12(9(2)16-15-8)7-14-11-5-3-10(13)4-6-11/h3-6,14H,7H2,1-2H3. The van der Waals surface area contributed by atoms with Crippen LogP contribution in [0.2, 0.25) is 5.02 Å². The maximum atomic E-state index is 5.81. The second kappa shape index (κ2) is 4.58. The van der Waals surface area contributed by atoms with Crippen molar-refractivity contribution in [2.24, 2.45) is 0 Å². The first-order valence-electron chi connectivity index (χ1n) is 5.08. The van der Waals surface area contributed by atoms with E-state index in [0.29, 0.717) is 6.54 Å². The van der Waals surface area contributed by atoms with Gasteiger partial charge in [0.15, 0.2) is 0 Å². The molecule has 84 valence electrons. The Bertz CT molecular complexity index is 457. The van der Waals surface area contributed by atoms with Gasteiger partial charge in [0.2, 0.25) is 0 Å². The van der Waals surface area contributed by atoms with Crippen molar-refractivity contribution in [1.29, 1.82) is 0 Å². The van der Waals surface area contributed by atoms with Gasteiger partial charge in [0.25, 0.3) is 0 Å². The fraction of sp³-hybridized carbons (Fsp3) is 0.250. The monoisotopic (exact) mass is 236 g/mol. The third-order valence-corrected chi connectivity index (χ3v) is 2.75. The number of benzene rings is 1. The molecule has 0 saturated heterocycles. The molecule has 0 spiro atoms. The van der Waals surface area contributed by atoms with Gasteiger partial charge in [-0.25, -0.2) is 0 Å². The SMILES string of the molecule is Cc1noc(C)c1CNc1ccc(Cl)cc1. The van der Waals surface area contributed by atoms with Crippen LogP contribution in [0.15, 0.2) is 28.8 Å². The lowest BCUT2D eigenvalue weighted by molar-refractivity contribution is 0.392. The van der Waals surface area contributed by atoms with Gasteiger partial charge in [-0.15, -0.1) is 0 Å². The van der Waals surface area contributed by atoms with E-state index in [9.17, 15) is 0 Å². The minimum Gasteiger partial charge on any atom is -0.381 e. The Morgan fingerprint density at radius 3 is 2.50 bits per heavy atom. The molecule has 1 N–H and O–H groups in total. The van der Waals surface area contributed by atoms with E-state index in [1.54, 1.807) is 0 Å². The smallest absolute Gasteiger partial charge is 0.138 e. The largest absolute Gasteiger partial charge is 0.381 e. The van der Waals surface area contributed by atoms with Crippen LogP contribution in [0.3, 0.4) is 0 Å². The molecule has 16 heavy (non-hydrogen) atoms. The highest BCUT2D eigenvalue weighted by Gasteiger charge is 2.07. The van der Waals surface area contributed by atoms with E-state index in [2.05, 4.69) is 10.5 Å². The van der Waals surface area contributed by atoms with Crippen molar-refractivity contribution in [3.8, 4) is 0 Å². The summed E-state index contributed by atoms with van der Waals surface area (Å²) in [5, 5.41) is 7.94. The fourth-order valence-corrected chi connectivity index (χ4v) is 1.64. The van der Waals surface area contributed by atoms with Gasteiger partial charge in [0, 0.05) is 22.8 Å². The molecule has 4 heteroatoms. The maximum Gasteiger partial charge on any atom is 0.138 e. The van der Waals surface area contributed by atoms with E-state index in [1.165, 1.54) is 0 Å². The molecular weight excluding hydrogens is 224 g/mol. The highest BCUT2D eigenvalue weighted by Crippen LogP contribution is 2.17. The highest BCUT2D eigenvalue weighted by molar-refractivity contribution is 6.30. The topological polar surface area (TPSA) is 38.1 Å². The summed E-state index contributed by atoms with van der Waals surface area (Å²) in [6.07, 6.45) is 0. The van der Waals surface area contributed by atoms with E-state index in [1.807, 2.05) is 38.1 Å². The van der Waals surface area contributed by atoms with Gasteiger partial charge >= 0.3 is 0 Å². The average Bonchev–Trinajstić information content (AvgIpc) is 2.59. The minimum atomic E-state index is 0.711. The molecule has 0 aliphatic rings. The molecule has 3 nitrogen and oxygen atoms in total. The first kappa shape index (κ1) is 11.0. The van der Waals surface area contributed by atoms with Crippen LogP contribution in [0.1, 0.15) is 17.0 Å². The van der Waals surface area contributed by atoms with Crippen molar-refractivity contribution in [3.05, 3.63) is 46.3 Å². The van der Waals surface area contributed by atoms with Crippen molar-refractivity contribution in [3.63, 3.8) is 0 Å². The van der Waals surface area contributed by atoms with Crippen molar-refractivity contribution in [2.75, 3.05) is 5.32 Å². The summed E-state index contributed by atoms with van der Waals surface area (Å²) in [7, 11) is 0. The predicted octanol–water partition coefficient (Wildman–Crippen LogP) is 3.56. The lowest BCUT2D eigenvalue weighted by atomic mass is 10.2. The highest BCUT2D eigenvalue weighted by atomic mass is 35.5. The predicted molar refractivity (Wildman–Crippen MR) is 64.8 cm³/mol. The summed E-state index contributed by atoms with van der Waals surface area (Å²) in [5.74, 6) is 0.860. The van der Waals surface area contributed by atoms with Crippen molar-refractivity contribution < 1.29 is 4.52 Å². The van der Waals surface area contributed by atoms with Crippen LogP contribution in [0.5, 0.6) is 0 Å². The van der Waals surface area contributed by atoms with Gasteiger partial charge in [-0.3, -0.25) is 0 Å². The molecule has 0 fully saturated rings. The Kier molecular flexibility index (Phi) is 3.15. The van der Waals surface area contributed by atoms with Gasteiger partial charge in [-0.2, -0.15) is 0 Å². The van der Waals surface area contributed by atoms with Crippen molar-refractivity contribution in [1.82, 2.24) is 5.16 Å². The lowest BCUT2D eigenvalue weighted by Crippen LogP contribution is -2.00. The molecule has 2 aromatic rings. The number of hydrogen-bond donors (Lipinski definition) is 1. The van der Waals surface area contributed by atoms with Gasteiger partial charge < -0.3 is 9.84 Å². The van der Waals surface area contributed by atoms with Crippen LogP contribution in [0, 0.1) is 13.8 Å². The Morgan fingerprint density at radius 1 is 1.25 bits per heavy atom. The molecule has 0 aliphatic carbocycles. The zero-order valence-electron chi connectivity index (χ0n) is 9.25. The van der Waals surface area contributed by atoms with Crippen molar-refractivity contribution >= 4 is 17.3 Å². The number of anilines is 1. The van der Waals surface area contributed by atoms with Crippen molar-refractivity contribution in [2.45, 2.75) is 20.4 Å². The normalized spacial score (nSPS) is 10.4. The number of aromatic nitrogens is 1. The molecule has 0 bridgehead atoms. The summed E-state index contributed by atoms with van der Waals surface area (Å²) < 4.78 is 5.09. The first-order valence-corrected chi connectivity index (χ1v) is 5.46. The van der Waals surface area contributed by atoms with Crippen LogP contribution in [-0.4, -0.2) is 5.16 Å². The van der Waals surface area contributed by atoms with Crippen LogP contribution in [-0.2, 0) is 6.54 Å². The minimum absolute atomic E-state index is 0.711. The summed E-state index contributed by atoms with van der Waals surface area (Å²) in [6, 6.07) is 7.61. The number of halogens is 1. The number of rotatable bonds is 3. The Hall–Kier alpha value is -1.48. The zero-order chi connectivity index (χ0) is 11.5. The molecule has 2 rings (SSSR count). The Balaban J connectivity index is 2.05. The molecule has 0 amide bonds. The van der Waals surface area contributed by atoms with Crippen LogP contribution in [0.25, 0.3) is 0 Å². The molecule has 0 saturated carbocycles. The summed E-state index contributed by atoms with van der Waals surface area (Å²) in [6.45, 7) is 4.57. The number of nitrogens with zero attached hydrogens (tertiary/aromatic N) is 1. The Labute approximate surface area is 99.4 Å². The third-order valence-electron chi connectivity index (χ3n) is 2.49. The van der Waals surface area contributed by atoms with Crippen LogP contribution >= 0.6 is 11.6 Å². The first-order chi connectivity index (χ1) is 7.66. The average molecular weight is 237 g/mol. The van der Waals surface area contributed by atoms with E-state index < -0.39 is 0 Å². The van der Waals surface area contributed by atoms with E-state index in [4.69, 9.17) is 16.1 Å². The van der Waals surface area contributed by atoms with Crippen LogP contribution in [0.4, 0.5) is 5.69 Å². The van der Waals surface area contributed by atoms with Gasteiger partial charge in [0.1, 0.15) is 5.76 Å². The molecule has 1 heterocycles. The zero-order valence-corrected chi connectivity index (χ0v) is 10.0. The van der Waals surface area contributed by atoms with Gasteiger partial charge in [-0.05, 0) is 38.1 Å². The van der Waals surface area contributed by atoms with Gasteiger partial charge in [-0.1, -0.05) is 16.8 Å². The molecule has 1 aromatic carbocycles. The van der Waals surface area contributed by atoms with Gasteiger partial charge in [0.05, 0.1) is 5.69 Å². The quantitative estimate of drug-likeness (QED) is 0.886. The number of aryl methyl sites for hydroxylation is 2. The summed E-state index contributed by atoms with van der Waals surface area (Å²) in [5.41, 5.74) is 3.07. The molecule has 0 unspecified atom stereocenters. The molecule has 0 radical (unpaired) electrons. The van der Waals surface area contributed by atoms with E-state index in [0.717, 1.165) is 27.7 Å². The second-order valence-corrected chi connectivity index (χ2v) is 4.10. The number of hydrogen-bond acceptors (Lipinski definition) is 3. The van der Waals surface area contributed by atoms with Crippen LogP contribution < -0.4 is 5.32 Å². The second-order valence-electron chi connectivity index (χ2n) is 3.66. The molecule has 0 aliphatic heterocycles. The molecule has 1 aromatic heterocycles. The number of nitrogens with one attached hydrogen (secondary N) is 1. The Morgan fingerprint density at radius 2 is 1.94 bits per heavy atom. The summed E-state index contributed by atoms with van der Waals surface area (Å²) in [4.78, 5) is 0. The lowest BCUT2D eigenvalue weighted by Gasteiger charge is -2.05. The molecule has 0 atom stereocenters. The fourth-order valence-electron chi connectivity index (χ4n) is 1.51.